The molecule has 0 aliphatic heterocycles. The average Bonchev–Trinajstić information content (AvgIpc) is 2.56. The molecule has 0 amide bonds. The maximum absolute atomic E-state index is 13.3. The summed E-state index contributed by atoms with van der Waals surface area (Å²) in [7, 11) is -3.83. The number of hydrogen-bond donors (Lipinski definition) is 1. The van der Waals surface area contributed by atoms with Crippen molar-refractivity contribution in [2.24, 2.45) is 0 Å². The van der Waals surface area contributed by atoms with Crippen LogP contribution in [0.25, 0.3) is 0 Å². The molecule has 0 atom stereocenters. The van der Waals surface area contributed by atoms with E-state index in [1.807, 2.05) is 12.1 Å². The normalized spacial score (nSPS) is 12.3. The van der Waals surface area contributed by atoms with E-state index in [1.54, 1.807) is 62.4 Å². The molecule has 0 bridgehead atoms. The van der Waals surface area contributed by atoms with E-state index in [4.69, 9.17) is 9.05 Å². The third-order valence-corrected chi connectivity index (χ3v) is 5.85. The molecule has 0 aliphatic carbocycles. The van der Waals surface area contributed by atoms with E-state index >= 15 is 0 Å². The molecule has 0 fully saturated rings. The maximum atomic E-state index is 13.3. The van der Waals surface area contributed by atoms with Gasteiger partial charge in [0.2, 0.25) is 5.34 Å². The van der Waals surface area contributed by atoms with Gasteiger partial charge in [-0.15, -0.1) is 0 Å². The molecule has 2 aromatic carbocycles. The van der Waals surface area contributed by atoms with Crippen LogP contribution in [0.4, 0.5) is 0 Å². The molecule has 4 nitrogen and oxygen atoms in total. The van der Waals surface area contributed by atoms with Crippen molar-refractivity contribution in [1.82, 2.24) is 0 Å². The molecule has 0 saturated heterocycles. The van der Waals surface area contributed by atoms with Crippen molar-refractivity contribution in [2.45, 2.75) is 19.2 Å². The van der Waals surface area contributed by atoms with E-state index in [-0.39, 0.29) is 13.2 Å². The highest BCUT2D eigenvalue weighted by Crippen LogP contribution is 2.66. The Morgan fingerprint density at radius 3 is 1.55 bits per heavy atom. The highest BCUT2D eigenvalue weighted by Gasteiger charge is 2.52. The lowest BCUT2D eigenvalue weighted by Gasteiger charge is -2.35. The van der Waals surface area contributed by atoms with Crippen molar-refractivity contribution in [2.75, 3.05) is 13.2 Å². The summed E-state index contributed by atoms with van der Waals surface area (Å²) < 4.78 is 24.2. The Balaban J connectivity index is 2.67. The highest BCUT2D eigenvalue weighted by atomic mass is 31.2. The average molecular weight is 320 g/mol. The molecule has 0 radical (unpaired) electrons. The Hall–Kier alpha value is -1.45. The SMILES string of the molecule is CCOP(=O)(OCC)C(O)(c1ccccc1)c1ccccc1. The summed E-state index contributed by atoms with van der Waals surface area (Å²) in [6, 6.07) is 17.7. The predicted octanol–water partition coefficient (Wildman–Crippen LogP) is 4.15. The van der Waals surface area contributed by atoms with Gasteiger partial charge in [-0.1, -0.05) is 60.7 Å². The molecule has 0 aliphatic rings. The Morgan fingerprint density at radius 1 is 0.864 bits per heavy atom. The zero-order valence-corrected chi connectivity index (χ0v) is 13.7. The fourth-order valence-electron chi connectivity index (χ4n) is 2.39. The summed E-state index contributed by atoms with van der Waals surface area (Å²) in [6.45, 7) is 3.81. The molecule has 22 heavy (non-hydrogen) atoms. The van der Waals surface area contributed by atoms with Crippen LogP contribution in [-0.4, -0.2) is 18.3 Å². The van der Waals surface area contributed by atoms with Crippen LogP contribution in [0.5, 0.6) is 0 Å². The van der Waals surface area contributed by atoms with Crippen LogP contribution < -0.4 is 0 Å². The van der Waals surface area contributed by atoms with Gasteiger partial charge in [0, 0.05) is 11.1 Å². The van der Waals surface area contributed by atoms with E-state index in [9.17, 15) is 9.67 Å². The van der Waals surface area contributed by atoms with Gasteiger partial charge in [0.05, 0.1) is 13.2 Å². The Labute approximate surface area is 131 Å². The summed E-state index contributed by atoms with van der Waals surface area (Å²) in [5, 5.41) is 9.58. The Kier molecular flexibility index (Phi) is 5.54. The van der Waals surface area contributed by atoms with Crippen LogP contribution in [-0.2, 0) is 19.0 Å². The van der Waals surface area contributed by atoms with Crippen molar-refractivity contribution < 1.29 is 18.7 Å². The topological polar surface area (TPSA) is 55.8 Å². The van der Waals surface area contributed by atoms with Crippen LogP contribution in [0.15, 0.2) is 60.7 Å². The van der Waals surface area contributed by atoms with Crippen molar-refractivity contribution in [3.63, 3.8) is 0 Å². The lowest BCUT2D eigenvalue weighted by Crippen LogP contribution is -2.29. The molecule has 0 spiro atoms. The fourth-order valence-corrected chi connectivity index (χ4v) is 4.45. The third-order valence-electron chi connectivity index (χ3n) is 3.35. The second-order valence-electron chi connectivity index (χ2n) is 4.74. The van der Waals surface area contributed by atoms with E-state index in [2.05, 4.69) is 0 Å². The van der Waals surface area contributed by atoms with Gasteiger partial charge in [-0.3, -0.25) is 4.57 Å². The molecule has 0 heterocycles. The fraction of sp³-hybridized carbons (Fsp3) is 0.294. The molecule has 1 N–H and O–H groups in total. The van der Waals surface area contributed by atoms with E-state index < -0.39 is 12.9 Å². The predicted molar refractivity (Wildman–Crippen MR) is 86.7 cm³/mol. The number of aliphatic hydroxyl groups is 1. The van der Waals surface area contributed by atoms with Crippen molar-refractivity contribution in [3.8, 4) is 0 Å². The lowest BCUT2D eigenvalue weighted by atomic mass is 10.0. The van der Waals surface area contributed by atoms with Gasteiger partial charge in [-0.05, 0) is 13.8 Å². The van der Waals surface area contributed by atoms with Gasteiger partial charge in [-0.2, -0.15) is 0 Å². The zero-order valence-electron chi connectivity index (χ0n) is 12.8. The highest BCUT2D eigenvalue weighted by molar-refractivity contribution is 7.55. The summed E-state index contributed by atoms with van der Waals surface area (Å²) >= 11 is 0. The molecule has 2 aromatic rings. The first kappa shape index (κ1) is 16.9. The number of benzene rings is 2. The first-order valence-corrected chi connectivity index (χ1v) is 8.85. The van der Waals surface area contributed by atoms with Crippen LogP contribution in [0.3, 0.4) is 0 Å². The molecule has 2 rings (SSSR count). The van der Waals surface area contributed by atoms with Crippen LogP contribution in [0, 0.1) is 0 Å². The smallest absolute Gasteiger partial charge is 0.370 e. The molecule has 5 heteroatoms. The minimum Gasteiger partial charge on any atom is -0.370 e. The van der Waals surface area contributed by atoms with Gasteiger partial charge in [0.1, 0.15) is 0 Å². The van der Waals surface area contributed by atoms with E-state index in [1.165, 1.54) is 0 Å². The van der Waals surface area contributed by atoms with Gasteiger partial charge < -0.3 is 14.2 Å². The molecular weight excluding hydrogens is 299 g/mol. The molecular formula is C17H21O4P. The number of rotatable bonds is 7. The summed E-state index contributed by atoms with van der Waals surface area (Å²) in [5.74, 6) is 0. The van der Waals surface area contributed by atoms with Crippen molar-refractivity contribution in [3.05, 3.63) is 71.8 Å². The van der Waals surface area contributed by atoms with Crippen LogP contribution >= 0.6 is 7.60 Å². The minimum absolute atomic E-state index is 0.180. The minimum atomic E-state index is -3.83. The molecule has 0 saturated carbocycles. The quantitative estimate of drug-likeness (QED) is 0.779. The van der Waals surface area contributed by atoms with Gasteiger partial charge >= 0.3 is 7.60 Å². The van der Waals surface area contributed by atoms with Crippen molar-refractivity contribution >= 4 is 7.60 Å². The van der Waals surface area contributed by atoms with Crippen molar-refractivity contribution in [1.29, 1.82) is 0 Å². The second kappa shape index (κ2) is 7.21. The van der Waals surface area contributed by atoms with Gasteiger partial charge in [0.15, 0.2) is 0 Å². The molecule has 0 aromatic heterocycles. The van der Waals surface area contributed by atoms with Crippen LogP contribution in [0.2, 0.25) is 0 Å². The van der Waals surface area contributed by atoms with Crippen LogP contribution in [0.1, 0.15) is 25.0 Å². The summed E-state index contributed by atoms with van der Waals surface area (Å²) in [4.78, 5) is 0. The monoisotopic (exact) mass is 320 g/mol. The van der Waals surface area contributed by atoms with E-state index in [0.717, 1.165) is 0 Å². The Morgan fingerprint density at radius 2 is 1.23 bits per heavy atom. The first-order chi connectivity index (χ1) is 10.6. The Bertz CT molecular complexity index is 578. The molecule has 0 unspecified atom stereocenters. The third kappa shape index (κ3) is 3.01. The first-order valence-electron chi connectivity index (χ1n) is 7.31. The van der Waals surface area contributed by atoms with E-state index in [0.29, 0.717) is 11.1 Å². The maximum Gasteiger partial charge on any atom is 0.371 e. The summed E-state index contributed by atoms with van der Waals surface area (Å²) in [5.41, 5.74) is 0.956. The summed E-state index contributed by atoms with van der Waals surface area (Å²) in [6.07, 6.45) is 0. The second-order valence-corrected chi connectivity index (χ2v) is 6.90. The van der Waals surface area contributed by atoms with Gasteiger partial charge in [-0.25, -0.2) is 0 Å². The lowest BCUT2D eigenvalue weighted by molar-refractivity contribution is 0.0961. The largest absolute Gasteiger partial charge is 0.371 e. The number of hydrogen-bond acceptors (Lipinski definition) is 4. The standard InChI is InChI=1S/C17H21O4P/c1-3-20-22(19,21-4-2)17(18,15-11-7-5-8-12-15)16-13-9-6-10-14-16/h5-14,18H,3-4H2,1-2H3. The van der Waals surface area contributed by atoms with Gasteiger partial charge in [0.25, 0.3) is 0 Å². The molecule has 118 valence electrons. The zero-order chi connectivity index (χ0) is 16.1.